The van der Waals surface area contributed by atoms with Gasteiger partial charge < -0.3 is 0 Å². The molecular formula is C15H11Cl5N2O2. The third-order valence-electron chi connectivity index (χ3n) is 2.63. The van der Waals surface area contributed by atoms with Gasteiger partial charge in [0.1, 0.15) is 0 Å². The van der Waals surface area contributed by atoms with Gasteiger partial charge in [0.25, 0.3) is 11.1 Å². The number of hydrogen-bond acceptors (Lipinski definition) is 3. The van der Waals surface area contributed by atoms with Crippen LogP contribution in [0.3, 0.4) is 0 Å². The van der Waals surface area contributed by atoms with Crippen LogP contribution in [0.1, 0.15) is 20.7 Å². The fourth-order valence-electron chi connectivity index (χ4n) is 1.45. The lowest BCUT2D eigenvalue weighted by Gasteiger charge is -2.09. The molecule has 2 aromatic rings. The highest BCUT2D eigenvalue weighted by Crippen LogP contribution is 2.23. The topological polar surface area (TPSA) is 63.4 Å². The highest BCUT2D eigenvalue weighted by atomic mass is 35.5. The first kappa shape index (κ1) is 21.0. The van der Waals surface area contributed by atoms with Gasteiger partial charge in [0.05, 0.1) is 20.1 Å². The van der Waals surface area contributed by atoms with Crippen molar-refractivity contribution < 1.29 is 9.59 Å². The molecule has 0 fully saturated rings. The van der Waals surface area contributed by atoms with E-state index in [-0.39, 0.29) is 5.91 Å². The lowest BCUT2D eigenvalue weighted by molar-refractivity contribution is 0.0795. The number of carbonyl (C=O) groups excluding carboxylic acids is 2. The Kier molecular flexibility index (Phi) is 8.30. The van der Waals surface area contributed by atoms with Gasteiger partial charge in [-0.3, -0.25) is 14.6 Å². The van der Waals surface area contributed by atoms with Gasteiger partial charge in [-0.05, 0) is 48.0 Å². The fraction of sp³-hybridized carbons (Fsp3) is 0.0667. The van der Waals surface area contributed by atoms with Crippen molar-refractivity contribution in [3.05, 3.63) is 67.6 Å². The van der Waals surface area contributed by atoms with E-state index in [0.717, 1.165) is 5.01 Å². The zero-order valence-corrected chi connectivity index (χ0v) is 16.0. The van der Waals surface area contributed by atoms with Crippen LogP contribution >= 0.6 is 58.0 Å². The molecule has 1 amide bonds. The van der Waals surface area contributed by atoms with Gasteiger partial charge in [-0.25, -0.2) is 5.84 Å². The number of nitrogens with two attached hydrogens (primary N) is 1. The minimum absolute atomic E-state index is 0.307. The molecule has 0 aliphatic heterocycles. The first-order valence-corrected chi connectivity index (χ1v) is 8.15. The Morgan fingerprint density at radius 1 is 0.833 bits per heavy atom. The van der Waals surface area contributed by atoms with Crippen molar-refractivity contribution in [2.45, 2.75) is 0 Å². The maximum absolute atomic E-state index is 11.3. The average Bonchev–Trinajstić information content (AvgIpc) is 2.52. The molecule has 0 heterocycles. The summed E-state index contributed by atoms with van der Waals surface area (Å²) < 4.78 is 0. The Bertz CT molecular complexity index is 766. The van der Waals surface area contributed by atoms with Crippen LogP contribution in [0, 0.1) is 0 Å². The van der Waals surface area contributed by atoms with Crippen molar-refractivity contribution in [3.8, 4) is 0 Å². The molecule has 0 saturated carbocycles. The van der Waals surface area contributed by atoms with E-state index in [1.54, 1.807) is 12.1 Å². The second kappa shape index (κ2) is 9.47. The predicted octanol–water partition coefficient (Wildman–Crippen LogP) is 5.31. The molecular weight excluding hydrogens is 417 g/mol. The summed E-state index contributed by atoms with van der Waals surface area (Å²) in [6.07, 6.45) is 0. The van der Waals surface area contributed by atoms with Crippen LogP contribution < -0.4 is 5.84 Å². The van der Waals surface area contributed by atoms with Gasteiger partial charge in [0.15, 0.2) is 0 Å². The van der Waals surface area contributed by atoms with E-state index >= 15 is 0 Å². The molecule has 0 saturated heterocycles. The number of nitrogens with zero attached hydrogens (tertiary/aromatic N) is 1. The number of halogens is 5. The fourth-order valence-corrected chi connectivity index (χ4v) is 2.16. The molecule has 0 aliphatic carbocycles. The molecule has 2 aromatic carbocycles. The summed E-state index contributed by atoms with van der Waals surface area (Å²) in [4.78, 5) is 21.9. The van der Waals surface area contributed by atoms with Crippen LogP contribution in [0.25, 0.3) is 0 Å². The van der Waals surface area contributed by atoms with Crippen molar-refractivity contribution in [3.63, 3.8) is 0 Å². The van der Waals surface area contributed by atoms with Gasteiger partial charge in [-0.2, -0.15) is 0 Å². The van der Waals surface area contributed by atoms with Gasteiger partial charge in [-0.1, -0.05) is 46.4 Å². The third-order valence-corrected chi connectivity index (χ3v) is 4.33. The summed E-state index contributed by atoms with van der Waals surface area (Å²) in [6.45, 7) is 0. The second-order valence-corrected chi connectivity index (χ2v) is 6.42. The van der Waals surface area contributed by atoms with Crippen LogP contribution in [0.15, 0.2) is 36.4 Å². The molecule has 9 heteroatoms. The van der Waals surface area contributed by atoms with Gasteiger partial charge in [0, 0.05) is 18.2 Å². The average molecular weight is 429 g/mol. The first-order chi connectivity index (χ1) is 11.1. The molecule has 0 spiro atoms. The molecule has 0 bridgehead atoms. The lowest BCUT2D eigenvalue weighted by atomic mass is 10.2. The summed E-state index contributed by atoms with van der Waals surface area (Å²) in [7, 11) is 1.46. The Morgan fingerprint density at radius 2 is 1.25 bits per heavy atom. The van der Waals surface area contributed by atoms with Crippen LogP contribution in [0.2, 0.25) is 20.1 Å². The highest BCUT2D eigenvalue weighted by molar-refractivity contribution is 6.67. The van der Waals surface area contributed by atoms with Crippen molar-refractivity contribution in [2.75, 3.05) is 7.05 Å². The monoisotopic (exact) mass is 426 g/mol. The van der Waals surface area contributed by atoms with E-state index in [9.17, 15) is 9.59 Å². The van der Waals surface area contributed by atoms with Crippen LogP contribution in [-0.4, -0.2) is 23.2 Å². The quantitative estimate of drug-likeness (QED) is 0.305. The number of rotatable bonds is 2. The normalized spacial score (nSPS) is 9.79. The summed E-state index contributed by atoms with van der Waals surface area (Å²) in [5.74, 6) is 4.96. The molecule has 0 aliphatic rings. The van der Waals surface area contributed by atoms with Crippen LogP contribution in [0.5, 0.6) is 0 Å². The van der Waals surface area contributed by atoms with Crippen LogP contribution in [-0.2, 0) is 0 Å². The van der Waals surface area contributed by atoms with Crippen molar-refractivity contribution in [1.82, 2.24) is 5.01 Å². The number of benzene rings is 2. The Balaban J connectivity index is 0.000000243. The lowest BCUT2D eigenvalue weighted by Crippen LogP contribution is -2.33. The van der Waals surface area contributed by atoms with Gasteiger partial charge in [0.2, 0.25) is 0 Å². The number of hydrazine groups is 1. The Labute approximate surface area is 163 Å². The first-order valence-electron chi connectivity index (χ1n) is 6.26. The molecule has 0 unspecified atom stereocenters. The zero-order valence-electron chi connectivity index (χ0n) is 12.2. The van der Waals surface area contributed by atoms with E-state index in [1.165, 1.54) is 31.3 Å². The van der Waals surface area contributed by atoms with Crippen molar-refractivity contribution in [1.29, 1.82) is 0 Å². The smallest absolute Gasteiger partial charge is 0.267 e. The summed E-state index contributed by atoms with van der Waals surface area (Å²) >= 11 is 27.8. The van der Waals surface area contributed by atoms with E-state index in [2.05, 4.69) is 0 Å². The van der Waals surface area contributed by atoms with Gasteiger partial charge in [-0.15, -0.1) is 0 Å². The maximum Gasteiger partial charge on any atom is 0.267 e. The highest BCUT2D eigenvalue weighted by Gasteiger charge is 2.09. The number of carbonyl (C=O) groups is 2. The molecule has 0 atom stereocenters. The summed E-state index contributed by atoms with van der Waals surface area (Å²) in [5, 5.41) is 1.95. The molecule has 2 N–H and O–H groups in total. The molecule has 4 nitrogen and oxygen atoms in total. The van der Waals surface area contributed by atoms with E-state index < -0.39 is 5.24 Å². The SMILES string of the molecule is CN(N)C(=O)c1ccc(Cl)c(Cl)c1.O=C(Cl)c1ccc(Cl)c(Cl)c1. The summed E-state index contributed by atoms with van der Waals surface area (Å²) in [5.41, 5.74) is 0.764. The van der Waals surface area contributed by atoms with Crippen molar-refractivity contribution in [2.24, 2.45) is 5.84 Å². The van der Waals surface area contributed by atoms with E-state index in [1.807, 2.05) is 0 Å². The minimum atomic E-state index is -0.538. The predicted molar refractivity (Wildman–Crippen MR) is 99.4 cm³/mol. The maximum atomic E-state index is 11.3. The summed E-state index contributed by atoms with van der Waals surface area (Å²) in [6, 6.07) is 9.08. The second-order valence-electron chi connectivity index (χ2n) is 4.45. The number of amides is 1. The Morgan fingerprint density at radius 3 is 1.62 bits per heavy atom. The largest absolute Gasteiger partial charge is 0.280 e. The van der Waals surface area contributed by atoms with Gasteiger partial charge >= 0.3 is 0 Å². The molecule has 0 aromatic heterocycles. The minimum Gasteiger partial charge on any atom is -0.280 e. The Hall–Kier alpha value is -1.01. The zero-order chi connectivity index (χ0) is 18.4. The number of hydrogen-bond donors (Lipinski definition) is 1. The van der Waals surface area contributed by atoms with Crippen molar-refractivity contribution >= 4 is 69.2 Å². The standard InChI is InChI=1S/C8H8Cl2N2O.C7H3Cl3O/c1-12(11)8(13)5-2-3-6(9)7(10)4-5;8-5-2-1-4(7(10)11)3-6(5)9/h2-4H,11H2,1H3;1-3H. The molecule has 128 valence electrons. The molecule has 24 heavy (non-hydrogen) atoms. The van der Waals surface area contributed by atoms with Crippen LogP contribution in [0.4, 0.5) is 0 Å². The van der Waals surface area contributed by atoms with E-state index in [0.29, 0.717) is 31.2 Å². The molecule has 2 rings (SSSR count). The van der Waals surface area contributed by atoms with E-state index in [4.69, 9.17) is 63.8 Å². The third kappa shape index (κ3) is 6.13. The molecule has 0 radical (unpaired) electrons.